The number of halogens is 3. The molecule has 0 aromatic rings. The number of aliphatic carboxylic acids is 1. The first kappa shape index (κ1) is 10.0. The Labute approximate surface area is 71.8 Å². The zero-order valence-electron chi connectivity index (χ0n) is 6.47. The molecule has 0 aromatic heterocycles. The molecule has 0 saturated carbocycles. The third-order valence-electron chi connectivity index (χ3n) is 1.80. The van der Waals surface area contributed by atoms with Crippen molar-refractivity contribution in [1.82, 2.24) is 0 Å². The molecule has 0 fully saturated rings. The highest BCUT2D eigenvalue weighted by Crippen LogP contribution is 2.38. The maximum absolute atomic E-state index is 12.3. The van der Waals surface area contributed by atoms with Gasteiger partial charge in [0.05, 0.1) is 6.61 Å². The van der Waals surface area contributed by atoms with Crippen molar-refractivity contribution in [2.45, 2.75) is 18.2 Å². The molecule has 0 radical (unpaired) electrons. The lowest BCUT2D eigenvalue weighted by atomic mass is 9.97. The van der Waals surface area contributed by atoms with E-state index in [0.717, 1.165) is 6.08 Å². The first-order valence-electron chi connectivity index (χ1n) is 3.49. The van der Waals surface area contributed by atoms with Crippen LogP contribution in [0.5, 0.6) is 0 Å². The minimum Gasteiger partial charge on any atom is -0.479 e. The first-order chi connectivity index (χ1) is 5.90. The van der Waals surface area contributed by atoms with Gasteiger partial charge in [-0.3, -0.25) is 0 Å². The summed E-state index contributed by atoms with van der Waals surface area (Å²) in [5, 5.41) is 8.45. The molecule has 1 heterocycles. The quantitative estimate of drug-likeness (QED) is 0.644. The molecule has 0 saturated heterocycles. The van der Waals surface area contributed by atoms with Crippen LogP contribution in [0.2, 0.25) is 0 Å². The van der Waals surface area contributed by atoms with Crippen LogP contribution in [0, 0.1) is 0 Å². The lowest BCUT2D eigenvalue weighted by molar-refractivity contribution is -0.273. The molecule has 1 aliphatic heterocycles. The Kier molecular flexibility index (Phi) is 2.34. The second-order valence-electron chi connectivity index (χ2n) is 2.62. The van der Waals surface area contributed by atoms with E-state index in [4.69, 9.17) is 5.11 Å². The molecule has 1 unspecified atom stereocenters. The Morgan fingerprint density at radius 2 is 2.08 bits per heavy atom. The molecule has 1 N–H and O–H groups in total. The molecule has 0 spiro atoms. The Morgan fingerprint density at radius 3 is 2.31 bits per heavy atom. The summed E-state index contributed by atoms with van der Waals surface area (Å²) in [5.41, 5.74) is -3.05. The summed E-state index contributed by atoms with van der Waals surface area (Å²) < 4.78 is 41.2. The highest BCUT2D eigenvalue weighted by Gasteiger charge is 2.62. The Hall–Kier alpha value is -1.04. The molecule has 1 rings (SSSR count). The number of carboxylic acid groups (broad SMARTS) is 1. The average Bonchev–Trinajstić information content (AvgIpc) is 2.03. The molecule has 0 aliphatic carbocycles. The van der Waals surface area contributed by atoms with Crippen molar-refractivity contribution in [1.29, 1.82) is 0 Å². The summed E-state index contributed by atoms with van der Waals surface area (Å²) in [5.74, 6) is -2.00. The summed E-state index contributed by atoms with van der Waals surface area (Å²) in [6.07, 6.45) is -3.05. The van der Waals surface area contributed by atoms with Gasteiger partial charge >= 0.3 is 12.1 Å². The summed E-state index contributed by atoms with van der Waals surface area (Å²) in [4.78, 5) is 10.4. The van der Waals surface area contributed by atoms with Gasteiger partial charge in [-0.1, -0.05) is 12.2 Å². The van der Waals surface area contributed by atoms with Crippen LogP contribution >= 0.6 is 0 Å². The van der Waals surface area contributed by atoms with Crippen molar-refractivity contribution in [3.63, 3.8) is 0 Å². The van der Waals surface area contributed by atoms with Gasteiger partial charge in [0, 0.05) is 6.42 Å². The van der Waals surface area contributed by atoms with E-state index in [-0.39, 0.29) is 6.61 Å². The normalized spacial score (nSPS) is 28.8. The van der Waals surface area contributed by atoms with Gasteiger partial charge in [0.15, 0.2) is 0 Å². The Morgan fingerprint density at radius 1 is 1.46 bits per heavy atom. The number of carbonyl (C=O) groups is 1. The maximum atomic E-state index is 12.3. The number of hydrogen-bond acceptors (Lipinski definition) is 2. The van der Waals surface area contributed by atoms with E-state index < -0.39 is 24.2 Å². The van der Waals surface area contributed by atoms with E-state index in [1.807, 2.05) is 0 Å². The fraction of sp³-hybridized carbons (Fsp3) is 0.571. The molecule has 0 aromatic carbocycles. The first-order valence-corrected chi connectivity index (χ1v) is 3.49. The van der Waals surface area contributed by atoms with Gasteiger partial charge in [-0.25, -0.2) is 4.79 Å². The number of carboxylic acids is 1. The van der Waals surface area contributed by atoms with Gasteiger partial charge < -0.3 is 9.84 Å². The minimum absolute atomic E-state index is 0.328. The van der Waals surface area contributed by atoms with Crippen LogP contribution in [-0.4, -0.2) is 29.5 Å². The fourth-order valence-electron chi connectivity index (χ4n) is 1.03. The van der Waals surface area contributed by atoms with E-state index in [9.17, 15) is 18.0 Å². The number of rotatable bonds is 1. The highest BCUT2D eigenvalue weighted by molar-refractivity contribution is 5.79. The average molecular weight is 196 g/mol. The monoisotopic (exact) mass is 196 g/mol. The lowest BCUT2D eigenvalue weighted by Gasteiger charge is -2.32. The standard InChI is InChI=1S/C7H7F3O3/c8-7(9,10)6(5(11)12)3-1-2-4-13-6/h1-2H,3-4H2,(H,11,12). The number of hydrogen-bond donors (Lipinski definition) is 1. The SMILES string of the molecule is O=C(O)C1(C(F)(F)F)CC=CCO1. The van der Waals surface area contributed by atoms with Gasteiger partial charge in [-0.05, 0) is 0 Å². The minimum atomic E-state index is -4.89. The third-order valence-corrected chi connectivity index (χ3v) is 1.80. The van der Waals surface area contributed by atoms with E-state index in [2.05, 4.69) is 4.74 Å². The maximum Gasteiger partial charge on any atom is 0.428 e. The highest BCUT2D eigenvalue weighted by atomic mass is 19.4. The lowest BCUT2D eigenvalue weighted by Crippen LogP contribution is -2.54. The number of ether oxygens (including phenoxy) is 1. The second-order valence-corrected chi connectivity index (χ2v) is 2.62. The molecular formula is C7H7F3O3. The van der Waals surface area contributed by atoms with Crippen LogP contribution in [0.3, 0.4) is 0 Å². The molecule has 0 amide bonds. The van der Waals surface area contributed by atoms with Gasteiger partial charge in [-0.2, -0.15) is 13.2 Å². The molecule has 1 aliphatic rings. The van der Waals surface area contributed by atoms with Crippen LogP contribution in [0.4, 0.5) is 13.2 Å². The van der Waals surface area contributed by atoms with Crippen molar-refractivity contribution in [3.05, 3.63) is 12.2 Å². The van der Waals surface area contributed by atoms with Gasteiger partial charge in [0.2, 0.25) is 0 Å². The predicted molar refractivity (Wildman–Crippen MR) is 36.1 cm³/mol. The van der Waals surface area contributed by atoms with E-state index in [1.54, 1.807) is 0 Å². The van der Waals surface area contributed by atoms with Crippen LogP contribution < -0.4 is 0 Å². The second kappa shape index (κ2) is 3.02. The fourth-order valence-corrected chi connectivity index (χ4v) is 1.03. The zero-order valence-corrected chi connectivity index (χ0v) is 6.47. The van der Waals surface area contributed by atoms with E-state index in [0.29, 0.717) is 0 Å². The summed E-state index contributed by atoms with van der Waals surface area (Å²) in [7, 11) is 0. The molecular weight excluding hydrogens is 189 g/mol. The van der Waals surface area contributed by atoms with Crippen LogP contribution in [-0.2, 0) is 9.53 Å². The third kappa shape index (κ3) is 1.53. The molecule has 74 valence electrons. The van der Waals surface area contributed by atoms with Gasteiger partial charge in [0.1, 0.15) is 0 Å². The largest absolute Gasteiger partial charge is 0.479 e. The van der Waals surface area contributed by atoms with E-state index >= 15 is 0 Å². The molecule has 6 heteroatoms. The molecule has 3 nitrogen and oxygen atoms in total. The summed E-state index contributed by atoms with van der Waals surface area (Å²) in [6.45, 7) is -0.328. The van der Waals surface area contributed by atoms with Crippen molar-refractivity contribution in [2.75, 3.05) is 6.61 Å². The van der Waals surface area contributed by atoms with E-state index in [1.165, 1.54) is 6.08 Å². The number of alkyl halides is 3. The van der Waals surface area contributed by atoms with Crippen molar-refractivity contribution >= 4 is 5.97 Å². The van der Waals surface area contributed by atoms with Crippen LogP contribution in [0.1, 0.15) is 6.42 Å². The van der Waals surface area contributed by atoms with Gasteiger partial charge in [0.25, 0.3) is 5.60 Å². The summed E-state index contributed by atoms with van der Waals surface area (Å²) >= 11 is 0. The zero-order chi connectivity index (χ0) is 10.1. The Balaban J connectivity index is 3.01. The Bertz CT molecular complexity index is 246. The van der Waals surface area contributed by atoms with Crippen LogP contribution in [0.15, 0.2) is 12.2 Å². The summed E-state index contributed by atoms with van der Waals surface area (Å²) in [6, 6.07) is 0. The van der Waals surface area contributed by atoms with Crippen LogP contribution in [0.25, 0.3) is 0 Å². The molecule has 13 heavy (non-hydrogen) atoms. The van der Waals surface area contributed by atoms with Crippen molar-refractivity contribution in [3.8, 4) is 0 Å². The molecule has 0 bridgehead atoms. The van der Waals surface area contributed by atoms with Crippen molar-refractivity contribution in [2.24, 2.45) is 0 Å². The predicted octanol–water partition coefficient (Wildman–Crippen LogP) is 1.35. The molecule has 1 atom stereocenters. The smallest absolute Gasteiger partial charge is 0.428 e. The topological polar surface area (TPSA) is 46.5 Å². The van der Waals surface area contributed by atoms with Gasteiger partial charge in [-0.15, -0.1) is 0 Å². The van der Waals surface area contributed by atoms with Crippen molar-refractivity contribution < 1.29 is 27.8 Å².